The lowest BCUT2D eigenvalue weighted by Gasteiger charge is -1.97. The SMILES string of the molecule is CCc1cc(CCCC=O)n(C)n1. The molecule has 3 nitrogen and oxygen atoms in total. The molecule has 1 aromatic heterocycles. The maximum absolute atomic E-state index is 10.1. The van der Waals surface area contributed by atoms with Gasteiger partial charge in [-0.25, -0.2) is 0 Å². The molecule has 0 bridgehead atoms. The van der Waals surface area contributed by atoms with Gasteiger partial charge in [0.15, 0.2) is 0 Å². The van der Waals surface area contributed by atoms with E-state index in [4.69, 9.17) is 0 Å². The Balaban J connectivity index is 2.54. The minimum absolute atomic E-state index is 0.645. The zero-order chi connectivity index (χ0) is 9.68. The average molecular weight is 180 g/mol. The fourth-order valence-electron chi connectivity index (χ4n) is 1.34. The molecule has 0 fully saturated rings. The van der Waals surface area contributed by atoms with E-state index in [1.54, 1.807) is 0 Å². The molecule has 3 heteroatoms. The van der Waals surface area contributed by atoms with Gasteiger partial charge in [0.25, 0.3) is 0 Å². The summed E-state index contributed by atoms with van der Waals surface area (Å²) < 4.78 is 1.91. The molecule has 0 radical (unpaired) electrons. The second kappa shape index (κ2) is 4.80. The number of aryl methyl sites for hydroxylation is 3. The first-order valence-corrected chi connectivity index (χ1v) is 4.73. The summed E-state index contributed by atoms with van der Waals surface area (Å²) in [7, 11) is 1.95. The van der Waals surface area contributed by atoms with Crippen molar-refractivity contribution in [3.05, 3.63) is 17.5 Å². The largest absolute Gasteiger partial charge is 0.303 e. The van der Waals surface area contributed by atoms with Gasteiger partial charge in [-0.05, 0) is 25.3 Å². The lowest BCUT2D eigenvalue weighted by Crippen LogP contribution is -1.98. The summed E-state index contributed by atoms with van der Waals surface area (Å²) >= 11 is 0. The van der Waals surface area contributed by atoms with Crippen molar-refractivity contribution in [3.63, 3.8) is 0 Å². The number of hydrogen-bond acceptors (Lipinski definition) is 2. The molecule has 1 aromatic rings. The first-order chi connectivity index (χ1) is 6.27. The van der Waals surface area contributed by atoms with Crippen molar-refractivity contribution in [1.82, 2.24) is 9.78 Å². The summed E-state index contributed by atoms with van der Waals surface area (Å²) in [5, 5.41) is 4.34. The van der Waals surface area contributed by atoms with E-state index in [9.17, 15) is 4.79 Å². The number of aldehydes is 1. The molecule has 0 unspecified atom stereocenters. The third-order valence-electron chi connectivity index (χ3n) is 2.14. The van der Waals surface area contributed by atoms with Gasteiger partial charge in [-0.1, -0.05) is 6.92 Å². The van der Waals surface area contributed by atoms with E-state index in [1.165, 1.54) is 5.69 Å². The van der Waals surface area contributed by atoms with Crippen LogP contribution in [0.5, 0.6) is 0 Å². The lowest BCUT2D eigenvalue weighted by atomic mass is 10.2. The van der Waals surface area contributed by atoms with Crippen LogP contribution < -0.4 is 0 Å². The van der Waals surface area contributed by atoms with Crippen LogP contribution in [-0.2, 0) is 24.7 Å². The van der Waals surface area contributed by atoms with Gasteiger partial charge in [-0.3, -0.25) is 4.68 Å². The van der Waals surface area contributed by atoms with Crippen LogP contribution in [0.15, 0.2) is 6.07 Å². The predicted molar refractivity (Wildman–Crippen MR) is 51.6 cm³/mol. The highest BCUT2D eigenvalue weighted by molar-refractivity contribution is 5.49. The van der Waals surface area contributed by atoms with Crippen LogP contribution >= 0.6 is 0 Å². The summed E-state index contributed by atoms with van der Waals surface area (Å²) in [5.74, 6) is 0. The predicted octanol–water partition coefficient (Wildman–Crippen LogP) is 1.50. The fraction of sp³-hybridized carbons (Fsp3) is 0.600. The fourth-order valence-corrected chi connectivity index (χ4v) is 1.34. The van der Waals surface area contributed by atoms with Crippen LogP contribution in [0, 0.1) is 0 Å². The Morgan fingerprint density at radius 1 is 1.62 bits per heavy atom. The van der Waals surface area contributed by atoms with E-state index in [2.05, 4.69) is 18.1 Å². The van der Waals surface area contributed by atoms with E-state index in [0.717, 1.165) is 31.2 Å². The number of hydrogen-bond donors (Lipinski definition) is 0. The van der Waals surface area contributed by atoms with Gasteiger partial charge in [-0.2, -0.15) is 5.10 Å². The van der Waals surface area contributed by atoms with Gasteiger partial charge in [0, 0.05) is 19.2 Å². The topological polar surface area (TPSA) is 34.9 Å². The summed E-state index contributed by atoms with van der Waals surface area (Å²) in [4.78, 5) is 10.1. The highest BCUT2D eigenvalue weighted by Gasteiger charge is 2.02. The number of carbonyl (C=O) groups excluding carboxylic acids is 1. The number of unbranched alkanes of at least 4 members (excludes halogenated alkanes) is 1. The van der Waals surface area contributed by atoms with Gasteiger partial charge < -0.3 is 4.79 Å². The van der Waals surface area contributed by atoms with E-state index < -0.39 is 0 Å². The standard InChI is InChI=1S/C10H16N2O/c1-3-9-8-10(12(2)11-9)6-4-5-7-13/h7-8H,3-6H2,1-2H3. The molecule has 1 rings (SSSR count). The number of rotatable bonds is 5. The highest BCUT2D eigenvalue weighted by Crippen LogP contribution is 2.07. The van der Waals surface area contributed by atoms with Gasteiger partial charge >= 0.3 is 0 Å². The lowest BCUT2D eigenvalue weighted by molar-refractivity contribution is -0.107. The van der Waals surface area contributed by atoms with Crippen LogP contribution in [0.3, 0.4) is 0 Å². The van der Waals surface area contributed by atoms with E-state index in [1.807, 2.05) is 11.7 Å². The second-order valence-corrected chi connectivity index (χ2v) is 3.16. The maximum Gasteiger partial charge on any atom is 0.120 e. The van der Waals surface area contributed by atoms with Crippen molar-refractivity contribution in [3.8, 4) is 0 Å². The number of carbonyl (C=O) groups is 1. The van der Waals surface area contributed by atoms with Crippen molar-refractivity contribution in [2.24, 2.45) is 7.05 Å². The third-order valence-corrected chi connectivity index (χ3v) is 2.14. The third kappa shape index (κ3) is 2.68. The molecule has 0 N–H and O–H groups in total. The Hall–Kier alpha value is -1.12. The molecule has 0 aliphatic carbocycles. The average Bonchev–Trinajstić information content (AvgIpc) is 2.48. The second-order valence-electron chi connectivity index (χ2n) is 3.16. The first-order valence-electron chi connectivity index (χ1n) is 4.73. The van der Waals surface area contributed by atoms with Crippen LogP contribution in [0.25, 0.3) is 0 Å². The summed E-state index contributed by atoms with van der Waals surface area (Å²) in [6.07, 6.45) is 4.46. The molecule has 0 aliphatic heterocycles. The minimum atomic E-state index is 0.645. The molecular weight excluding hydrogens is 164 g/mol. The van der Waals surface area contributed by atoms with Gasteiger partial charge in [0.2, 0.25) is 0 Å². The molecule has 13 heavy (non-hydrogen) atoms. The van der Waals surface area contributed by atoms with E-state index in [-0.39, 0.29) is 0 Å². The number of aromatic nitrogens is 2. The van der Waals surface area contributed by atoms with Crippen molar-refractivity contribution in [2.45, 2.75) is 32.6 Å². The molecule has 0 amide bonds. The molecule has 0 spiro atoms. The van der Waals surface area contributed by atoms with Gasteiger partial charge in [-0.15, -0.1) is 0 Å². The van der Waals surface area contributed by atoms with Crippen molar-refractivity contribution in [1.29, 1.82) is 0 Å². The van der Waals surface area contributed by atoms with Crippen molar-refractivity contribution in [2.75, 3.05) is 0 Å². The normalized spacial score (nSPS) is 10.3. The quantitative estimate of drug-likeness (QED) is 0.508. The van der Waals surface area contributed by atoms with Crippen LogP contribution in [-0.4, -0.2) is 16.1 Å². The maximum atomic E-state index is 10.1. The summed E-state index contributed by atoms with van der Waals surface area (Å²) in [6.45, 7) is 2.09. The van der Waals surface area contributed by atoms with Gasteiger partial charge in [0.1, 0.15) is 6.29 Å². The molecule has 0 saturated heterocycles. The zero-order valence-electron chi connectivity index (χ0n) is 8.29. The molecule has 1 heterocycles. The van der Waals surface area contributed by atoms with Crippen LogP contribution in [0.1, 0.15) is 31.2 Å². The van der Waals surface area contributed by atoms with Crippen LogP contribution in [0.4, 0.5) is 0 Å². The Morgan fingerprint density at radius 2 is 2.38 bits per heavy atom. The highest BCUT2D eigenvalue weighted by atomic mass is 16.1. The van der Waals surface area contributed by atoms with E-state index >= 15 is 0 Å². The van der Waals surface area contributed by atoms with Crippen molar-refractivity contribution >= 4 is 6.29 Å². The minimum Gasteiger partial charge on any atom is -0.303 e. The van der Waals surface area contributed by atoms with Crippen molar-refractivity contribution < 1.29 is 4.79 Å². The Kier molecular flexibility index (Phi) is 3.68. The number of nitrogens with zero attached hydrogens (tertiary/aromatic N) is 2. The summed E-state index contributed by atoms with van der Waals surface area (Å²) in [5.41, 5.74) is 2.35. The molecular formula is C10H16N2O. The molecule has 0 aliphatic rings. The molecule has 0 aromatic carbocycles. The smallest absolute Gasteiger partial charge is 0.120 e. The Morgan fingerprint density at radius 3 is 2.92 bits per heavy atom. The summed E-state index contributed by atoms with van der Waals surface area (Å²) in [6, 6.07) is 2.12. The van der Waals surface area contributed by atoms with Gasteiger partial charge in [0.05, 0.1) is 5.69 Å². The Bertz CT molecular complexity index is 278. The Labute approximate surface area is 78.8 Å². The molecule has 72 valence electrons. The van der Waals surface area contributed by atoms with E-state index in [0.29, 0.717) is 6.42 Å². The first kappa shape index (κ1) is 9.96. The zero-order valence-corrected chi connectivity index (χ0v) is 8.29. The molecule has 0 saturated carbocycles. The van der Waals surface area contributed by atoms with Crippen LogP contribution in [0.2, 0.25) is 0 Å². The molecule has 0 atom stereocenters. The monoisotopic (exact) mass is 180 g/mol.